The molecule has 0 saturated carbocycles. The number of hydrogen-bond acceptors (Lipinski definition) is 6. The molecule has 2 rings (SSSR count). The van der Waals surface area contributed by atoms with E-state index in [4.69, 9.17) is 0 Å². The molecule has 0 aliphatic carbocycles. The number of alkyl halides is 6. The number of nitrogens with one attached hydrogen (secondary N) is 2. The third kappa shape index (κ3) is 6.76. The molecule has 13 heteroatoms. The molecule has 0 amide bonds. The lowest BCUT2D eigenvalue weighted by Gasteiger charge is -2.31. The Morgan fingerprint density at radius 3 is 2.23 bits per heavy atom. The Labute approximate surface area is 168 Å². The zero-order valence-electron chi connectivity index (χ0n) is 15.7. The number of anilines is 1. The summed E-state index contributed by atoms with van der Waals surface area (Å²) < 4.78 is 102. The number of sulfone groups is 1. The van der Waals surface area contributed by atoms with Crippen molar-refractivity contribution >= 4 is 21.5 Å². The number of benzene rings is 1. The molecule has 30 heavy (non-hydrogen) atoms. The number of ether oxygens (including phenoxy) is 1. The molecule has 0 bridgehead atoms. The maximum Gasteiger partial charge on any atom is 0.434 e. The average molecular weight is 462 g/mol. The molecule has 2 unspecified atom stereocenters. The quantitative estimate of drug-likeness (QED) is 0.500. The molecule has 1 aliphatic heterocycles. The lowest BCUT2D eigenvalue weighted by molar-refractivity contribution is -0.314. The van der Waals surface area contributed by atoms with Crippen LogP contribution in [0.25, 0.3) is 0 Å². The highest BCUT2D eigenvalue weighted by atomic mass is 32.2. The summed E-state index contributed by atoms with van der Waals surface area (Å²) in [7, 11) is -3.35. The Bertz CT molecular complexity index is 825. The lowest BCUT2D eigenvalue weighted by atomic mass is 9.92. The Hall–Kier alpha value is -2.02. The van der Waals surface area contributed by atoms with Gasteiger partial charge in [0, 0.05) is 18.5 Å². The predicted molar refractivity (Wildman–Crippen MR) is 94.5 cm³/mol. The third-order valence-corrected chi connectivity index (χ3v) is 5.63. The van der Waals surface area contributed by atoms with Crippen LogP contribution in [0.2, 0.25) is 0 Å². The van der Waals surface area contributed by atoms with Gasteiger partial charge >= 0.3 is 18.3 Å². The van der Waals surface area contributed by atoms with E-state index in [0.717, 1.165) is 6.26 Å². The van der Waals surface area contributed by atoms with Gasteiger partial charge in [-0.25, -0.2) is 8.42 Å². The largest absolute Gasteiger partial charge is 0.442 e. The maximum absolute atomic E-state index is 12.6. The van der Waals surface area contributed by atoms with Gasteiger partial charge in [0.25, 0.3) is 6.10 Å². The standard InChI is InChI=1S/C17H20F6N2O4S/c1-30(27,28)12-4-2-11(3-5-12)25-9-10-6-7-24-13(8-10)14(26)29-15(16(18,19)20)17(21,22)23/h2-5,10,13,15,24-25H,6-9H2,1H3. The van der Waals surface area contributed by atoms with Crippen molar-refractivity contribution < 1.29 is 44.3 Å². The van der Waals surface area contributed by atoms with Gasteiger partial charge in [-0.1, -0.05) is 0 Å². The highest BCUT2D eigenvalue weighted by Crippen LogP contribution is 2.36. The minimum absolute atomic E-state index is 0.0182. The molecule has 170 valence electrons. The van der Waals surface area contributed by atoms with Crippen LogP contribution in [0, 0.1) is 5.92 Å². The van der Waals surface area contributed by atoms with E-state index < -0.39 is 40.3 Å². The summed E-state index contributed by atoms with van der Waals surface area (Å²) in [6.07, 6.45) is -14.1. The Morgan fingerprint density at radius 1 is 1.17 bits per heavy atom. The zero-order valence-corrected chi connectivity index (χ0v) is 16.5. The molecular formula is C17H20F6N2O4S. The van der Waals surface area contributed by atoms with Crippen LogP contribution in [0.3, 0.4) is 0 Å². The Balaban J connectivity index is 1.94. The molecule has 0 aromatic heterocycles. The van der Waals surface area contributed by atoms with Crippen LogP contribution in [0.15, 0.2) is 29.2 Å². The van der Waals surface area contributed by atoms with E-state index in [-0.39, 0.29) is 30.3 Å². The van der Waals surface area contributed by atoms with Crippen molar-refractivity contribution in [2.45, 2.75) is 42.2 Å². The molecule has 1 aromatic rings. The van der Waals surface area contributed by atoms with Gasteiger partial charge in [-0.05, 0) is 49.6 Å². The number of carbonyl (C=O) groups is 1. The predicted octanol–water partition coefficient (Wildman–Crippen LogP) is 2.91. The van der Waals surface area contributed by atoms with Crippen molar-refractivity contribution in [1.82, 2.24) is 5.32 Å². The van der Waals surface area contributed by atoms with Gasteiger partial charge in [0.15, 0.2) is 9.84 Å². The first-order chi connectivity index (χ1) is 13.7. The first-order valence-electron chi connectivity index (χ1n) is 8.79. The molecule has 2 N–H and O–H groups in total. The number of esters is 1. The normalized spacial score (nSPS) is 20.8. The van der Waals surface area contributed by atoms with Gasteiger partial charge in [0.2, 0.25) is 0 Å². The van der Waals surface area contributed by atoms with Crippen molar-refractivity contribution in [3.63, 3.8) is 0 Å². The molecule has 1 aliphatic rings. The minimum Gasteiger partial charge on any atom is -0.442 e. The molecule has 1 aromatic carbocycles. The van der Waals surface area contributed by atoms with Crippen LogP contribution in [0.5, 0.6) is 0 Å². The topological polar surface area (TPSA) is 84.5 Å². The van der Waals surface area contributed by atoms with Crippen LogP contribution in [-0.4, -0.2) is 58.2 Å². The molecular weight excluding hydrogens is 442 g/mol. The zero-order chi connectivity index (χ0) is 22.7. The fourth-order valence-electron chi connectivity index (χ4n) is 2.96. The second-order valence-corrected chi connectivity index (χ2v) is 8.99. The smallest absolute Gasteiger partial charge is 0.434 e. The van der Waals surface area contributed by atoms with E-state index >= 15 is 0 Å². The molecule has 6 nitrogen and oxygen atoms in total. The van der Waals surface area contributed by atoms with E-state index in [1.165, 1.54) is 24.3 Å². The number of halogens is 6. The van der Waals surface area contributed by atoms with Crippen LogP contribution in [0.1, 0.15) is 12.8 Å². The maximum atomic E-state index is 12.6. The summed E-state index contributed by atoms with van der Waals surface area (Å²) in [5.74, 6) is -1.84. The van der Waals surface area contributed by atoms with Gasteiger partial charge in [0.1, 0.15) is 6.04 Å². The van der Waals surface area contributed by atoms with E-state index in [9.17, 15) is 39.6 Å². The summed E-state index contributed by atoms with van der Waals surface area (Å²) in [6.45, 7) is 0.494. The van der Waals surface area contributed by atoms with Crippen molar-refractivity contribution in [2.24, 2.45) is 5.92 Å². The summed E-state index contributed by atoms with van der Waals surface area (Å²) in [4.78, 5) is 12.0. The molecule has 2 atom stereocenters. The molecule has 1 fully saturated rings. The second-order valence-electron chi connectivity index (χ2n) is 6.97. The van der Waals surface area contributed by atoms with Crippen LogP contribution in [0.4, 0.5) is 32.0 Å². The molecule has 0 radical (unpaired) electrons. The third-order valence-electron chi connectivity index (χ3n) is 4.50. The Morgan fingerprint density at radius 2 is 1.73 bits per heavy atom. The van der Waals surface area contributed by atoms with Gasteiger partial charge < -0.3 is 15.4 Å². The average Bonchev–Trinajstić information content (AvgIpc) is 2.62. The number of rotatable bonds is 6. The van der Waals surface area contributed by atoms with Crippen molar-refractivity contribution in [1.29, 1.82) is 0 Å². The molecule has 0 spiro atoms. The summed E-state index contributed by atoms with van der Waals surface area (Å²) in [5.41, 5.74) is 0.578. The van der Waals surface area contributed by atoms with Crippen molar-refractivity contribution in [3.8, 4) is 0 Å². The SMILES string of the molecule is CS(=O)(=O)c1ccc(NCC2CCNC(C(=O)OC(C(F)(F)F)C(F)(F)F)C2)cc1. The summed E-state index contributed by atoms with van der Waals surface area (Å²) >= 11 is 0. The molecule has 1 saturated heterocycles. The van der Waals surface area contributed by atoms with Gasteiger partial charge in [-0.15, -0.1) is 0 Å². The minimum atomic E-state index is -5.76. The van der Waals surface area contributed by atoms with Gasteiger partial charge in [-0.2, -0.15) is 26.3 Å². The number of carbonyl (C=O) groups excluding carboxylic acids is 1. The fourth-order valence-corrected chi connectivity index (χ4v) is 3.59. The highest BCUT2D eigenvalue weighted by molar-refractivity contribution is 7.90. The van der Waals surface area contributed by atoms with E-state index in [1.54, 1.807) is 0 Å². The van der Waals surface area contributed by atoms with Crippen LogP contribution >= 0.6 is 0 Å². The monoisotopic (exact) mass is 462 g/mol. The first-order valence-corrected chi connectivity index (χ1v) is 10.7. The fraction of sp³-hybridized carbons (Fsp3) is 0.588. The van der Waals surface area contributed by atoms with Gasteiger partial charge in [-0.3, -0.25) is 4.79 Å². The first kappa shape index (κ1) is 24.3. The van der Waals surface area contributed by atoms with Crippen LogP contribution < -0.4 is 10.6 Å². The summed E-state index contributed by atoms with van der Waals surface area (Å²) in [5, 5.41) is 5.58. The Kier molecular flexibility index (Phi) is 7.28. The highest BCUT2D eigenvalue weighted by Gasteiger charge is 2.60. The molecule has 1 heterocycles. The number of hydrogen-bond donors (Lipinski definition) is 2. The van der Waals surface area contributed by atoms with Crippen molar-refractivity contribution in [2.75, 3.05) is 24.7 Å². The number of piperidine rings is 1. The van der Waals surface area contributed by atoms with Crippen molar-refractivity contribution in [3.05, 3.63) is 24.3 Å². The van der Waals surface area contributed by atoms with Crippen LogP contribution in [-0.2, 0) is 19.4 Å². The van der Waals surface area contributed by atoms with E-state index in [2.05, 4.69) is 15.4 Å². The lowest BCUT2D eigenvalue weighted by Crippen LogP contribution is -2.51. The summed E-state index contributed by atoms with van der Waals surface area (Å²) in [6, 6.07) is 4.55. The van der Waals surface area contributed by atoms with Gasteiger partial charge in [0.05, 0.1) is 4.90 Å². The van der Waals surface area contributed by atoms with E-state index in [0.29, 0.717) is 12.1 Å². The van der Waals surface area contributed by atoms with E-state index in [1.807, 2.05) is 0 Å². The second kappa shape index (κ2) is 9.00.